The molecule has 0 radical (unpaired) electrons. The number of hydrogen-bond donors (Lipinski definition) is 0. The predicted octanol–water partition coefficient (Wildman–Crippen LogP) is 4.02. The van der Waals surface area contributed by atoms with E-state index in [-0.39, 0.29) is 5.60 Å². The maximum Gasteiger partial charge on any atom is 0.0971 e. The molecular weight excluding hydrogens is 424 g/mol. The molecule has 194 valence electrons. The van der Waals surface area contributed by atoms with Gasteiger partial charge in [-0.15, -0.1) is 0 Å². The SMILES string of the molecule is C1CCC(C2(C3CCCCC3)COCCOCCOCCOCCOCCOCCO2)CC1. The summed E-state index contributed by atoms with van der Waals surface area (Å²) in [4.78, 5) is 0. The van der Waals surface area contributed by atoms with Crippen molar-refractivity contribution in [2.75, 3.05) is 85.9 Å². The van der Waals surface area contributed by atoms with Crippen LogP contribution >= 0.6 is 0 Å². The van der Waals surface area contributed by atoms with Gasteiger partial charge in [0, 0.05) is 0 Å². The summed E-state index contributed by atoms with van der Waals surface area (Å²) in [5, 5.41) is 0. The quantitative estimate of drug-likeness (QED) is 0.601. The van der Waals surface area contributed by atoms with Crippen molar-refractivity contribution in [3.8, 4) is 0 Å². The molecule has 3 aliphatic rings. The second-order valence-corrected chi connectivity index (χ2v) is 9.59. The van der Waals surface area contributed by atoms with E-state index < -0.39 is 0 Å². The minimum absolute atomic E-state index is 0.195. The van der Waals surface area contributed by atoms with Crippen molar-refractivity contribution in [3.05, 3.63) is 0 Å². The fraction of sp³-hybridized carbons (Fsp3) is 1.00. The van der Waals surface area contributed by atoms with E-state index in [1.165, 1.54) is 64.2 Å². The van der Waals surface area contributed by atoms with E-state index in [0.717, 1.165) is 0 Å². The molecule has 3 rings (SSSR count). The Kier molecular flexibility index (Phi) is 14.2. The van der Waals surface area contributed by atoms with E-state index in [2.05, 4.69) is 0 Å². The van der Waals surface area contributed by atoms with Crippen molar-refractivity contribution < 1.29 is 33.2 Å². The zero-order valence-corrected chi connectivity index (χ0v) is 20.8. The molecule has 1 heterocycles. The highest BCUT2D eigenvalue weighted by Crippen LogP contribution is 2.45. The highest BCUT2D eigenvalue weighted by atomic mass is 16.6. The van der Waals surface area contributed by atoms with Gasteiger partial charge in [-0.1, -0.05) is 38.5 Å². The van der Waals surface area contributed by atoms with Gasteiger partial charge in [-0.3, -0.25) is 0 Å². The first-order chi connectivity index (χ1) is 16.4. The summed E-state index contributed by atoms with van der Waals surface area (Å²) in [5.74, 6) is 1.15. The summed E-state index contributed by atoms with van der Waals surface area (Å²) < 4.78 is 41.3. The van der Waals surface area contributed by atoms with Gasteiger partial charge in [0.15, 0.2) is 0 Å². The smallest absolute Gasteiger partial charge is 0.0971 e. The Morgan fingerprint density at radius 3 is 1.09 bits per heavy atom. The number of hydrogen-bond acceptors (Lipinski definition) is 7. The Labute approximate surface area is 201 Å². The normalized spacial score (nSPS) is 28.0. The van der Waals surface area contributed by atoms with Gasteiger partial charge >= 0.3 is 0 Å². The van der Waals surface area contributed by atoms with Crippen molar-refractivity contribution in [2.24, 2.45) is 11.8 Å². The molecule has 3 fully saturated rings. The zero-order chi connectivity index (χ0) is 22.9. The van der Waals surface area contributed by atoms with Crippen LogP contribution in [-0.2, 0) is 33.2 Å². The summed E-state index contributed by atoms with van der Waals surface area (Å²) in [6.45, 7) is 7.70. The fourth-order valence-electron chi connectivity index (χ4n) is 5.65. The third kappa shape index (κ3) is 10.1. The lowest BCUT2D eigenvalue weighted by Gasteiger charge is -2.48. The lowest BCUT2D eigenvalue weighted by atomic mass is 9.66. The molecule has 0 spiro atoms. The van der Waals surface area contributed by atoms with Crippen LogP contribution in [-0.4, -0.2) is 91.5 Å². The minimum atomic E-state index is -0.195. The summed E-state index contributed by atoms with van der Waals surface area (Å²) in [6.07, 6.45) is 13.0. The first-order valence-electron chi connectivity index (χ1n) is 13.5. The second-order valence-electron chi connectivity index (χ2n) is 9.59. The van der Waals surface area contributed by atoms with Crippen LogP contribution in [0.4, 0.5) is 0 Å². The monoisotopic (exact) mass is 472 g/mol. The maximum atomic E-state index is 6.84. The van der Waals surface area contributed by atoms with Crippen LogP contribution in [0.2, 0.25) is 0 Å². The lowest BCUT2D eigenvalue weighted by molar-refractivity contribution is -0.186. The molecule has 1 saturated heterocycles. The van der Waals surface area contributed by atoms with Crippen LogP contribution in [0.1, 0.15) is 64.2 Å². The summed E-state index contributed by atoms with van der Waals surface area (Å²) in [7, 11) is 0. The molecule has 0 bridgehead atoms. The topological polar surface area (TPSA) is 64.6 Å². The highest BCUT2D eigenvalue weighted by Gasteiger charge is 2.47. The first-order valence-corrected chi connectivity index (χ1v) is 13.5. The van der Waals surface area contributed by atoms with Crippen LogP contribution in [0.15, 0.2) is 0 Å². The average Bonchev–Trinajstić information content (AvgIpc) is 2.87. The molecule has 0 N–H and O–H groups in total. The molecular formula is C26H48O7. The molecule has 2 aliphatic carbocycles. The average molecular weight is 473 g/mol. The molecule has 2 saturated carbocycles. The molecule has 7 heteroatoms. The molecule has 0 amide bonds. The minimum Gasteiger partial charge on any atom is -0.377 e. The van der Waals surface area contributed by atoms with Crippen molar-refractivity contribution in [3.63, 3.8) is 0 Å². The van der Waals surface area contributed by atoms with Crippen LogP contribution in [0.25, 0.3) is 0 Å². The van der Waals surface area contributed by atoms with Crippen molar-refractivity contribution in [1.29, 1.82) is 0 Å². The Morgan fingerprint density at radius 1 is 0.364 bits per heavy atom. The number of rotatable bonds is 2. The Bertz CT molecular complexity index is 422. The molecule has 0 unspecified atom stereocenters. The Hall–Kier alpha value is -0.280. The van der Waals surface area contributed by atoms with E-state index >= 15 is 0 Å². The van der Waals surface area contributed by atoms with E-state index in [1.54, 1.807) is 0 Å². The van der Waals surface area contributed by atoms with Gasteiger partial charge < -0.3 is 33.2 Å². The van der Waals surface area contributed by atoms with Crippen molar-refractivity contribution >= 4 is 0 Å². The number of ether oxygens (including phenoxy) is 7. The highest BCUT2D eigenvalue weighted by molar-refractivity contribution is 4.97. The van der Waals surface area contributed by atoms with E-state index in [9.17, 15) is 0 Å². The largest absolute Gasteiger partial charge is 0.377 e. The third-order valence-electron chi connectivity index (χ3n) is 7.38. The van der Waals surface area contributed by atoms with Gasteiger partial charge in [-0.2, -0.15) is 0 Å². The lowest BCUT2D eigenvalue weighted by Crippen LogP contribution is -2.53. The van der Waals surface area contributed by atoms with Crippen molar-refractivity contribution in [1.82, 2.24) is 0 Å². The van der Waals surface area contributed by atoms with Crippen LogP contribution in [0.3, 0.4) is 0 Å². The predicted molar refractivity (Wildman–Crippen MR) is 127 cm³/mol. The molecule has 0 aromatic carbocycles. The first kappa shape index (κ1) is 27.3. The van der Waals surface area contributed by atoms with E-state index in [0.29, 0.717) is 97.7 Å². The van der Waals surface area contributed by atoms with Gasteiger partial charge in [-0.25, -0.2) is 0 Å². The van der Waals surface area contributed by atoms with Crippen LogP contribution in [0.5, 0.6) is 0 Å². The fourth-order valence-corrected chi connectivity index (χ4v) is 5.65. The van der Waals surface area contributed by atoms with Gasteiger partial charge in [0.05, 0.1) is 91.5 Å². The second kappa shape index (κ2) is 17.2. The van der Waals surface area contributed by atoms with Gasteiger partial charge in [-0.05, 0) is 37.5 Å². The standard InChI is InChI=1S/C26H48O7/c1-3-7-24(8-4-1)26(25-9-5-2-6-10-25)23-32-20-19-30-16-15-28-12-11-27-13-14-29-17-18-31-21-22-33-26/h24-25H,1-23H2. The molecule has 0 atom stereocenters. The molecule has 7 nitrogen and oxygen atoms in total. The van der Waals surface area contributed by atoms with Crippen LogP contribution in [0, 0.1) is 11.8 Å². The Morgan fingerprint density at radius 2 is 0.697 bits per heavy atom. The van der Waals surface area contributed by atoms with E-state index in [4.69, 9.17) is 33.2 Å². The maximum absolute atomic E-state index is 6.84. The van der Waals surface area contributed by atoms with Gasteiger partial charge in [0.2, 0.25) is 0 Å². The Balaban J connectivity index is 1.58. The van der Waals surface area contributed by atoms with Gasteiger partial charge in [0.1, 0.15) is 0 Å². The van der Waals surface area contributed by atoms with E-state index in [1.807, 2.05) is 0 Å². The molecule has 1 aliphatic heterocycles. The van der Waals surface area contributed by atoms with Crippen LogP contribution < -0.4 is 0 Å². The summed E-state index contributed by atoms with van der Waals surface area (Å²) in [5.41, 5.74) is -0.195. The molecule has 33 heavy (non-hydrogen) atoms. The van der Waals surface area contributed by atoms with Crippen molar-refractivity contribution in [2.45, 2.75) is 69.8 Å². The summed E-state index contributed by atoms with van der Waals surface area (Å²) >= 11 is 0. The summed E-state index contributed by atoms with van der Waals surface area (Å²) in [6, 6.07) is 0. The zero-order valence-electron chi connectivity index (χ0n) is 20.8. The van der Waals surface area contributed by atoms with Gasteiger partial charge in [0.25, 0.3) is 0 Å². The molecule has 0 aromatic rings. The third-order valence-corrected chi connectivity index (χ3v) is 7.38. The molecule has 0 aromatic heterocycles.